The van der Waals surface area contributed by atoms with Crippen molar-refractivity contribution in [3.63, 3.8) is 0 Å². The van der Waals surface area contributed by atoms with Crippen LogP contribution in [0.4, 0.5) is 4.79 Å². The van der Waals surface area contributed by atoms with Crippen LogP contribution in [0.25, 0.3) is 0 Å². The molecule has 0 unspecified atom stereocenters. The number of ether oxygens (including phenoxy) is 1. The summed E-state index contributed by atoms with van der Waals surface area (Å²) in [6.45, 7) is 4.22. The van der Waals surface area contributed by atoms with E-state index in [0.717, 1.165) is 44.6 Å². The Kier molecular flexibility index (Phi) is 8.22. The van der Waals surface area contributed by atoms with Gasteiger partial charge in [0.1, 0.15) is 6.61 Å². The van der Waals surface area contributed by atoms with Gasteiger partial charge in [-0.25, -0.2) is 4.79 Å². The van der Waals surface area contributed by atoms with Crippen LogP contribution in [-0.2, 0) is 11.3 Å². The van der Waals surface area contributed by atoms with Crippen LogP contribution in [0.5, 0.6) is 0 Å². The number of carbonyl (C=O) groups is 1. The first-order valence-corrected chi connectivity index (χ1v) is 9.37. The number of nitrogens with zero attached hydrogens (tertiary/aromatic N) is 3. The first-order chi connectivity index (χ1) is 12.1. The minimum atomic E-state index is -0.184. The van der Waals surface area contributed by atoms with Crippen molar-refractivity contribution in [1.29, 1.82) is 0 Å². The highest BCUT2D eigenvalue weighted by atomic mass is 16.6. The Bertz CT molecular complexity index is 499. The summed E-state index contributed by atoms with van der Waals surface area (Å²) in [5, 5.41) is 0. The van der Waals surface area contributed by atoms with Crippen LogP contribution in [0.3, 0.4) is 0 Å². The average Bonchev–Trinajstić information content (AvgIpc) is 2.64. The topological polar surface area (TPSA) is 36.0 Å². The van der Waals surface area contributed by atoms with Crippen molar-refractivity contribution in [2.24, 2.45) is 0 Å². The molecule has 2 rings (SSSR count). The molecule has 1 heterocycles. The predicted molar refractivity (Wildman–Crippen MR) is 102 cm³/mol. The van der Waals surface area contributed by atoms with Crippen molar-refractivity contribution in [2.75, 3.05) is 47.3 Å². The van der Waals surface area contributed by atoms with Gasteiger partial charge >= 0.3 is 6.09 Å². The van der Waals surface area contributed by atoms with Crippen LogP contribution in [0.2, 0.25) is 0 Å². The largest absolute Gasteiger partial charge is 0.445 e. The Hall–Kier alpha value is -1.59. The molecule has 1 aliphatic rings. The van der Waals surface area contributed by atoms with E-state index in [1.165, 1.54) is 12.8 Å². The minimum absolute atomic E-state index is 0.184. The van der Waals surface area contributed by atoms with Gasteiger partial charge in [0.15, 0.2) is 0 Å². The number of hydrogen-bond donors (Lipinski definition) is 0. The SMILES string of the molecule is CN(C)CCCCN(C)C1CCN(C(=O)OCc2ccccc2)CC1. The number of likely N-dealkylation sites (tertiary alicyclic amines) is 1. The molecule has 0 spiro atoms. The second kappa shape index (κ2) is 10.4. The lowest BCUT2D eigenvalue weighted by Crippen LogP contribution is -2.45. The quantitative estimate of drug-likeness (QED) is 0.677. The Morgan fingerprint density at radius 3 is 2.36 bits per heavy atom. The van der Waals surface area contributed by atoms with Gasteiger partial charge in [-0.3, -0.25) is 0 Å². The maximum atomic E-state index is 12.2. The first-order valence-electron chi connectivity index (χ1n) is 9.37. The third kappa shape index (κ3) is 7.04. The Morgan fingerprint density at radius 1 is 1.08 bits per heavy atom. The fourth-order valence-electron chi connectivity index (χ4n) is 3.27. The smallest absolute Gasteiger partial charge is 0.410 e. The summed E-state index contributed by atoms with van der Waals surface area (Å²) in [5.41, 5.74) is 1.03. The van der Waals surface area contributed by atoms with Crippen molar-refractivity contribution in [3.8, 4) is 0 Å². The van der Waals surface area contributed by atoms with Crippen LogP contribution in [0.15, 0.2) is 30.3 Å². The minimum Gasteiger partial charge on any atom is -0.445 e. The van der Waals surface area contributed by atoms with Gasteiger partial charge < -0.3 is 19.4 Å². The zero-order valence-corrected chi connectivity index (χ0v) is 16.0. The van der Waals surface area contributed by atoms with Gasteiger partial charge in [0.05, 0.1) is 0 Å². The van der Waals surface area contributed by atoms with Crippen molar-refractivity contribution in [3.05, 3.63) is 35.9 Å². The van der Waals surface area contributed by atoms with E-state index in [1.807, 2.05) is 35.2 Å². The summed E-state index contributed by atoms with van der Waals surface area (Å²) in [6.07, 6.45) is 4.35. The maximum Gasteiger partial charge on any atom is 0.410 e. The van der Waals surface area contributed by atoms with Gasteiger partial charge in [0, 0.05) is 19.1 Å². The molecule has 25 heavy (non-hydrogen) atoms. The third-order valence-corrected chi connectivity index (χ3v) is 4.92. The first kappa shape index (κ1) is 19.7. The standard InChI is InChI=1S/C20H33N3O2/c1-21(2)13-7-8-14-22(3)19-11-15-23(16-12-19)20(24)25-17-18-9-5-4-6-10-18/h4-6,9-10,19H,7-8,11-17H2,1-3H3. The molecule has 1 aliphatic heterocycles. The maximum absolute atomic E-state index is 12.2. The number of amides is 1. The van der Waals surface area contributed by atoms with Crippen LogP contribution in [0.1, 0.15) is 31.2 Å². The van der Waals surface area contributed by atoms with Crippen LogP contribution in [0, 0.1) is 0 Å². The summed E-state index contributed by atoms with van der Waals surface area (Å²) >= 11 is 0. The fourth-order valence-corrected chi connectivity index (χ4v) is 3.27. The third-order valence-electron chi connectivity index (χ3n) is 4.92. The van der Waals surface area contributed by atoms with Gasteiger partial charge in [-0.15, -0.1) is 0 Å². The van der Waals surface area contributed by atoms with Crippen molar-refractivity contribution >= 4 is 6.09 Å². The van der Waals surface area contributed by atoms with Crippen LogP contribution in [-0.4, -0.2) is 74.2 Å². The van der Waals surface area contributed by atoms with Gasteiger partial charge in [0.25, 0.3) is 0 Å². The van der Waals surface area contributed by atoms with E-state index in [0.29, 0.717) is 12.6 Å². The molecule has 1 saturated heterocycles. The predicted octanol–water partition coefficient (Wildman–Crippen LogP) is 3.06. The van der Waals surface area contributed by atoms with Crippen molar-refractivity contribution < 1.29 is 9.53 Å². The summed E-state index contributed by atoms with van der Waals surface area (Å²) in [6, 6.07) is 10.4. The average molecular weight is 348 g/mol. The summed E-state index contributed by atoms with van der Waals surface area (Å²) in [7, 11) is 6.45. The molecule has 5 heteroatoms. The number of carbonyl (C=O) groups excluding carboxylic acids is 1. The molecule has 5 nitrogen and oxygen atoms in total. The Balaban J connectivity index is 1.64. The molecule has 1 amide bonds. The highest BCUT2D eigenvalue weighted by Crippen LogP contribution is 2.17. The molecular formula is C20H33N3O2. The lowest BCUT2D eigenvalue weighted by atomic mass is 10.0. The second-order valence-corrected chi connectivity index (χ2v) is 7.25. The lowest BCUT2D eigenvalue weighted by molar-refractivity contribution is 0.0726. The van der Waals surface area contributed by atoms with Crippen molar-refractivity contribution in [2.45, 2.75) is 38.3 Å². The van der Waals surface area contributed by atoms with E-state index in [9.17, 15) is 4.79 Å². The van der Waals surface area contributed by atoms with Gasteiger partial charge in [-0.2, -0.15) is 0 Å². The number of unbranched alkanes of at least 4 members (excludes halogenated alkanes) is 1. The van der Waals surface area contributed by atoms with Gasteiger partial charge in [-0.05, 0) is 65.5 Å². The molecular weight excluding hydrogens is 314 g/mol. The Morgan fingerprint density at radius 2 is 1.72 bits per heavy atom. The molecule has 0 aliphatic carbocycles. The summed E-state index contributed by atoms with van der Waals surface area (Å²) in [4.78, 5) is 18.8. The van der Waals surface area contributed by atoms with E-state index in [4.69, 9.17) is 4.74 Å². The van der Waals surface area contributed by atoms with E-state index in [-0.39, 0.29) is 6.09 Å². The van der Waals surface area contributed by atoms with Crippen molar-refractivity contribution in [1.82, 2.24) is 14.7 Å². The van der Waals surface area contributed by atoms with E-state index in [2.05, 4.69) is 30.9 Å². The van der Waals surface area contributed by atoms with E-state index < -0.39 is 0 Å². The Labute approximate surface area is 152 Å². The number of rotatable bonds is 8. The molecule has 0 aromatic heterocycles. The van der Waals surface area contributed by atoms with Crippen LogP contribution < -0.4 is 0 Å². The lowest BCUT2D eigenvalue weighted by Gasteiger charge is -2.36. The highest BCUT2D eigenvalue weighted by molar-refractivity contribution is 5.67. The van der Waals surface area contributed by atoms with Gasteiger partial charge in [0.2, 0.25) is 0 Å². The molecule has 0 saturated carbocycles. The number of benzene rings is 1. The summed E-state index contributed by atoms with van der Waals surface area (Å²) in [5.74, 6) is 0. The number of hydrogen-bond acceptors (Lipinski definition) is 4. The number of piperidine rings is 1. The highest BCUT2D eigenvalue weighted by Gasteiger charge is 2.25. The summed E-state index contributed by atoms with van der Waals surface area (Å²) < 4.78 is 5.43. The molecule has 1 aromatic rings. The van der Waals surface area contributed by atoms with Gasteiger partial charge in [-0.1, -0.05) is 30.3 Å². The monoisotopic (exact) mass is 347 g/mol. The fraction of sp³-hybridized carbons (Fsp3) is 0.650. The second-order valence-electron chi connectivity index (χ2n) is 7.25. The van der Waals surface area contributed by atoms with E-state index >= 15 is 0 Å². The molecule has 0 atom stereocenters. The normalized spacial score (nSPS) is 15.8. The molecule has 0 N–H and O–H groups in total. The molecule has 1 aromatic carbocycles. The molecule has 140 valence electrons. The molecule has 0 radical (unpaired) electrons. The molecule has 0 bridgehead atoms. The zero-order valence-electron chi connectivity index (χ0n) is 16.0. The van der Waals surface area contributed by atoms with Crippen LogP contribution >= 0.6 is 0 Å². The zero-order chi connectivity index (χ0) is 18.1. The molecule has 1 fully saturated rings. The van der Waals surface area contributed by atoms with E-state index in [1.54, 1.807) is 0 Å².